The topological polar surface area (TPSA) is 99.3 Å². The number of ether oxygens (including phenoxy) is 1. The Morgan fingerprint density at radius 3 is 2.59 bits per heavy atom. The molecule has 0 aliphatic carbocycles. The smallest absolute Gasteiger partial charge is 0.416 e. The van der Waals surface area contributed by atoms with Gasteiger partial charge in [0.15, 0.2) is 0 Å². The lowest BCUT2D eigenvalue weighted by Crippen LogP contribution is -2.21. The predicted molar refractivity (Wildman–Crippen MR) is 96.0 cm³/mol. The monoisotopic (exact) mass is 406 g/mol. The van der Waals surface area contributed by atoms with Gasteiger partial charge in [0.2, 0.25) is 5.88 Å². The number of nitrogens with zero attached hydrogens (tertiary/aromatic N) is 3. The number of non-ortho nitro benzene ring substituents is 1. The molecule has 0 saturated heterocycles. The summed E-state index contributed by atoms with van der Waals surface area (Å²) in [6, 6.07) is 10.2. The van der Waals surface area contributed by atoms with E-state index >= 15 is 0 Å². The molecular formula is C18H13F3N4O4. The van der Waals surface area contributed by atoms with Gasteiger partial charge >= 0.3 is 12.2 Å². The van der Waals surface area contributed by atoms with Crippen molar-refractivity contribution < 1.29 is 27.6 Å². The molecule has 0 atom stereocenters. The van der Waals surface area contributed by atoms with Crippen molar-refractivity contribution in [2.75, 3.05) is 5.32 Å². The fourth-order valence-electron chi connectivity index (χ4n) is 2.43. The SMILES string of the molecule is Cc1cc(Oc2cccc(C(F)(F)F)c2)nn1C(=O)Nc1cccc([N+](=O)[O-])c1. The first-order valence-electron chi connectivity index (χ1n) is 8.11. The molecule has 1 heterocycles. The van der Waals surface area contributed by atoms with Crippen molar-refractivity contribution >= 4 is 17.4 Å². The number of benzene rings is 2. The van der Waals surface area contributed by atoms with Crippen LogP contribution in [0.2, 0.25) is 0 Å². The normalized spacial score (nSPS) is 11.2. The van der Waals surface area contributed by atoms with Gasteiger partial charge < -0.3 is 10.1 Å². The standard InChI is InChI=1S/C18H13F3N4O4/c1-11-8-16(29-15-7-2-4-12(9-15)18(19,20)21)23-24(11)17(26)22-13-5-3-6-14(10-13)25(27)28/h2-10H,1H3,(H,22,26). The van der Waals surface area contributed by atoms with Crippen molar-refractivity contribution in [3.63, 3.8) is 0 Å². The van der Waals surface area contributed by atoms with Crippen molar-refractivity contribution in [2.24, 2.45) is 0 Å². The summed E-state index contributed by atoms with van der Waals surface area (Å²) in [5.74, 6) is -0.181. The van der Waals surface area contributed by atoms with E-state index < -0.39 is 22.7 Å². The maximum atomic E-state index is 12.8. The van der Waals surface area contributed by atoms with Gasteiger partial charge in [-0.25, -0.2) is 4.79 Å². The maximum absolute atomic E-state index is 12.8. The molecule has 0 fully saturated rings. The highest BCUT2D eigenvalue weighted by Crippen LogP contribution is 2.32. The van der Waals surface area contributed by atoms with Crippen LogP contribution in [0.3, 0.4) is 0 Å². The molecule has 0 aliphatic rings. The Kier molecular flexibility index (Phi) is 5.22. The maximum Gasteiger partial charge on any atom is 0.416 e. The molecule has 0 unspecified atom stereocenters. The second-order valence-corrected chi connectivity index (χ2v) is 5.90. The van der Waals surface area contributed by atoms with Crippen LogP contribution in [0.5, 0.6) is 11.6 Å². The van der Waals surface area contributed by atoms with Crippen molar-refractivity contribution in [1.82, 2.24) is 9.78 Å². The van der Waals surface area contributed by atoms with Crippen molar-refractivity contribution in [2.45, 2.75) is 13.1 Å². The second-order valence-electron chi connectivity index (χ2n) is 5.90. The van der Waals surface area contributed by atoms with Gasteiger partial charge in [-0.1, -0.05) is 12.1 Å². The van der Waals surface area contributed by atoms with Crippen LogP contribution in [0.1, 0.15) is 11.3 Å². The van der Waals surface area contributed by atoms with Crippen LogP contribution in [0.25, 0.3) is 0 Å². The van der Waals surface area contributed by atoms with Crippen LogP contribution < -0.4 is 10.1 Å². The summed E-state index contributed by atoms with van der Waals surface area (Å²) in [5.41, 5.74) is -0.558. The molecule has 1 aromatic heterocycles. The van der Waals surface area contributed by atoms with E-state index in [1.807, 2.05) is 0 Å². The zero-order chi connectivity index (χ0) is 21.2. The average molecular weight is 406 g/mol. The Bertz CT molecular complexity index is 1080. The minimum Gasteiger partial charge on any atom is -0.438 e. The molecule has 0 aliphatic heterocycles. The number of halogens is 3. The molecule has 3 aromatic rings. The van der Waals surface area contributed by atoms with Gasteiger partial charge in [-0.05, 0) is 31.2 Å². The fraction of sp³-hybridized carbons (Fsp3) is 0.111. The number of aryl methyl sites for hydroxylation is 1. The van der Waals surface area contributed by atoms with E-state index in [4.69, 9.17) is 4.74 Å². The van der Waals surface area contributed by atoms with Crippen LogP contribution in [0, 0.1) is 17.0 Å². The third-order valence-electron chi connectivity index (χ3n) is 3.75. The van der Waals surface area contributed by atoms with E-state index in [0.29, 0.717) is 5.69 Å². The van der Waals surface area contributed by atoms with Crippen LogP contribution in [0.4, 0.5) is 29.3 Å². The molecular weight excluding hydrogens is 393 g/mol. The highest BCUT2D eigenvalue weighted by atomic mass is 19.4. The first-order valence-corrected chi connectivity index (χ1v) is 8.11. The van der Waals surface area contributed by atoms with E-state index in [0.717, 1.165) is 16.8 Å². The lowest BCUT2D eigenvalue weighted by Gasteiger charge is -2.08. The number of carbonyl (C=O) groups excluding carboxylic acids is 1. The number of rotatable bonds is 4. The van der Waals surface area contributed by atoms with Crippen LogP contribution >= 0.6 is 0 Å². The molecule has 0 bridgehead atoms. The largest absolute Gasteiger partial charge is 0.438 e. The first kappa shape index (κ1) is 19.9. The quantitative estimate of drug-likeness (QED) is 0.486. The Morgan fingerprint density at radius 1 is 1.17 bits per heavy atom. The average Bonchev–Trinajstić information content (AvgIpc) is 3.01. The Labute approximate surface area is 161 Å². The predicted octanol–water partition coefficient (Wildman–Crippen LogP) is 4.99. The summed E-state index contributed by atoms with van der Waals surface area (Å²) in [4.78, 5) is 22.6. The second kappa shape index (κ2) is 7.62. The first-order chi connectivity index (χ1) is 13.6. The number of nitrogens with one attached hydrogen (secondary N) is 1. The van der Waals surface area contributed by atoms with Gasteiger partial charge in [-0.2, -0.15) is 17.9 Å². The molecule has 11 heteroatoms. The number of amides is 1. The van der Waals surface area contributed by atoms with Crippen LogP contribution in [-0.4, -0.2) is 20.7 Å². The third kappa shape index (κ3) is 4.69. The number of anilines is 1. The minimum absolute atomic E-state index is 0.0870. The molecule has 3 rings (SSSR count). The van der Waals surface area contributed by atoms with Gasteiger partial charge in [0.05, 0.1) is 16.2 Å². The zero-order valence-corrected chi connectivity index (χ0v) is 14.8. The van der Waals surface area contributed by atoms with E-state index in [-0.39, 0.29) is 23.0 Å². The van der Waals surface area contributed by atoms with Crippen molar-refractivity contribution in [1.29, 1.82) is 0 Å². The molecule has 1 amide bonds. The number of nitro benzene ring substituents is 1. The van der Waals surface area contributed by atoms with E-state index in [9.17, 15) is 28.1 Å². The molecule has 8 nitrogen and oxygen atoms in total. The van der Waals surface area contributed by atoms with Gasteiger partial charge in [0.25, 0.3) is 5.69 Å². The minimum atomic E-state index is -4.52. The number of carbonyl (C=O) groups is 1. The van der Waals surface area contributed by atoms with Gasteiger partial charge in [0.1, 0.15) is 5.75 Å². The third-order valence-corrected chi connectivity index (χ3v) is 3.75. The highest BCUT2D eigenvalue weighted by Gasteiger charge is 2.30. The molecule has 29 heavy (non-hydrogen) atoms. The van der Waals surface area contributed by atoms with Gasteiger partial charge in [-0.3, -0.25) is 10.1 Å². The van der Waals surface area contributed by atoms with Crippen LogP contribution in [0.15, 0.2) is 54.6 Å². The number of aromatic nitrogens is 2. The number of hydrogen-bond donors (Lipinski definition) is 1. The summed E-state index contributed by atoms with van der Waals surface area (Å²) in [6.45, 7) is 1.54. The van der Waals surface area contributed by atoms with Gasteiger partial charge in [-0.15, -0.1) is 5.10 Å². The molecule has 0 spiro atoms. The molecule has 150 valence electrons. The highest BCUT2D eigenvalue weighted by molar-refractivity contribution is 5.91. The van der Waals surface area contributed by atoms with Crippen molar-refractivity contribution in [3.8, 4) is 11.6 Å². The lowest BCUT2D eigenvalue weighted by molar-refractivity contribution is -0.384. The zero-order valence-electron chi connectivity index (χ0n) is 14.8. The number of nitro groups is 1. The molecule has 0 radical (unpaired) electrons. The molecule has 0 saturated carbocycles. The number of alkyl halides is 3. The molecule has 2 aromatic carbocycles. The number of hydrogen-bond acceptors (Lipinski definition) is 5. The van der Waals surface area contributed by atoms with Crippen LogP contribution in [-0.2, 0) is 6.18 Å². The van der Waals surface area contributed by atoms with E-state index in [1.54, 1.807) is 6.92 Å². The van der Waals surface area contributed by atoms with E-state index in [2.05, 4.69) is 10.4 Å². The summed E-state index contributed by atoms with van der Waals surface area (Å²) in [7, 11) is 0. The van der Waals surface area contributed by atoms with E-state index in [1.165, 1.54) is 42.5 Å². The lowest BCUT2D eigenvalue weighted by atomic mass is 10.2. The van der Waals surface area contributed by atoms with Gasteiger partial charge in [0, 0.05) is 23.9 Å². The fourth-order valence-corrected chi connectivity index (χ4v) is 2.43. The summed E-state index contributed by atoms with van der Waals surface area (Å²) in [5, 5.41) is 17.2. The summed E-state index contributed by atoms with van der Waals surface area (Å²) >= 11 is 0. The molecule has 1 N–H and O–H groups in total. The van der Waals surface area contributed by atoms with Crippen molar-refractivity contribution in [3.05, 3.63) is 76.0 Å². The Hall–Kier alpha value is -3.89. The Balaban J connectivity index is 1.77. The Morgan fingerprint density at radius 2 is 1.90 bits per heavy atom. The summed E-state index contributed by atoms with van der Waals surface area (Å²) in [6.07, 6.45) is -4.52. The summed E-state index contributed by atoms with van der Waals surface area (Å²) < 4.78 is 44.6.